The molecule has 2 N–H and O–H groups in total. The summed E-state index contributed by atoms with van der Waals surface area (Å²) in [4.78, 5) is 13.1. The minimum Gasteiger partial charge on any atom is -0.478 e. The Labute approximate surface area is 123 Å². The minimum atomic E-state index is -1.24. The van der Waals surface area contributed by atoms with E-state index in [1.807, 2.05) is 0 Å². The van der Waals surface area contributed by atoms with Crippen LogP contribution in [0.5, 0.6) is 0 Å². The second kappa shape index (κ2) is 7.49. The van der Waals surface area contributed by atoms with E-state index >= 15 is 0 Å². The van der Waals surface area contributed by atoms with Gasteiger partial charge in [0.25, 0.3) is 0 Å². The van der Waals surface area contributed by atoms with Gasteiger partial charge in [0.05, 0.1) is 18.8 Å². The molecule has 116 valence electrons. The lowest BCUT2D eigenvalue weighted by Crippen LogP contribution is -2.44. The van der Waals surface area contributed by atoms with Crippen LogP contribution in [-0.4, -0.2) is 54.9 Å². The fourth-order valence-electron chi connectivity index (χ4n) is 2.37. The van der Waals surface area contributed by atoms with Gasteiger partial charge in [0, 0.05) is 32.2 Å². The summed E-state index contributed by atoms with van der Waals surface area (Å²) >= 11 is 0. The lowest BCUT2D eigenvalue weighted by atomic mass is 10.1. The molecule has 1 fully saturated rings. The summed E-state index contributed by atoms with van der Waals surface area (Å²) in [5.41, 5.74) is 0.450. The zero-order valence-corrected chi connectivity index (χ0v) is 12.1. The summed E-state index contributed by atoms with van der Waals surface area (Å²) < 4.78 is 18.9. The number of aromatic carboxylic acids is 1. The van der Waals surface area contributed by atoms with Gasteiger partial charge in [-0.3, -0.25) is 4.90 Å². The summed E-state index contributed by atoms with van der Waals surface area (Å²) in [5, 5.41) is 12.1. The quantitative estimate of drug-likeness (QED) is 0.829. The van der Waals surface area contributed by atoms with Gasteiger partial charge in [-0.05, 0) is 24.6 Å². The molecule has 5 nitrogen and oxygen atoms in total. The summed E-state index contributed by atoms with van der Waals surface area (Å²) in [6.45, 7) is 6.93. The number of ether oxygens (including phenoxy) is 1. The van der Waals surface area contributed by atoms with Crippen molar-refractivity contribution in [1.82, 2.24) is 10.2 Å². The maximum absolute atomic E-state index is 13.6. The van der Waals surface area contributed by atoms with Crippen molar-refractivity contribution in [3.63, 3.8) is 0 Å². The van der Waals surface area contributed by atoms with Crippen molar-refractivity contribution in [2.24, 2.45) is 0 Å². The second-order valence-electron chi connectivity index (χ2n) is 5.31. The Bertz CT molecular complexity index is 490. The fourth-order valence-corrected chi connectivity index (χ4v) is 2.37. The summed E-state index contributed by atoms with van der Waals surface area (Å²) in [6, 6.07) is 4.49. The number of nitrogens with zero attached hydrogens (tertiary/aromatic N) is 1. The lowest BCUT2D eigenvalue weighted by Gasteiger charge is -2.29. The van der Waals surface area contributed by atoms with E-state index in [1.54, 1.807) is 6.07 Å². The molecule has 0 bridgehead atoms. The zero-order chi connectivity index (χ0) is 15.2. The minimum absolute atomic E-state index is 0.269. The van der Waals surface area contributed by atoms with Gasteiger partial charge in [-0.15, -0.1) is 0 Å². The van der Waals surface area contributed by atoms with E-state index in [0.717, 1.165) is 38.4 Å². The molecule has 0 spiro atoms. The first-order chi connectivity index (χ1) is 10.1. The molecule has 1 saturated heterocycles. The van der Waals surface area contributed by atoms with Crippen LogP contribution < -0.4 is 5.32 Å². The Morgan fingerprint density at radius 3 is 2.81 bits per heavy atom. The molecule has 1 aliphatic rings. The van der Waals surface area contributed by atoms with Crippen molar-refractivity contribution in [1.29, 1.82) is 0 Å². The van der Waals surface area contributed by atoms with Gasteiger partial charge in [-0.25, -0.2) is 9.18 Å². The monoisotopic (exact) mass is 296 g/mol. The first-order valence-corrected chi connectivity index (χ1v) is 7.11. The van der Waals surface area contributed by atoms with Crippen LogP contribution in [0.3, 0.4) is 0 Å². The molecule has 0 radical (unpaired) electrons. The molecule has 2 rings (SSSR count). The molecular formula is C15H21FN2O3. The van der Waals surface area contributed by atoms with E-state index in [2.05, 4.69) is 17.1 Å². The van der Waals surface area contributed by atoms with Crippen molar-refractivity contribution >= 4 is 5.97 Å². The highest BCUT2D eigenvalue weighted by atomic mass is 19.1. The van der Waals surface area contributed by atoms with Gasteiger partial charge >= 0.3 is 5.97 Å². The third-order valence-corrected chi connectivity index (χ3v) is 3.55. The van der Waals surface area contributed by atoms with Crippen LogP contribution in [0.2, 0.25) is 0 Å². The number of carboxylic acid groups (broad SMARTS) is 1. The van der Waals surface area contributed by atoms with Gasteiger partial charge in [0.2, 0.25) is 0 Å². The maximum atomic E-state index is 13.6. The average molecular weight is 296 g/mol. The molecule has 1 unspecified atom stereocenters. The first-order valence-electron chi connectivity index (χ1n) is 7.11. The molecule has 6 heteroatoms. The molecule has 1 aromatic carbocycles. The van der Waals surface area contributed by atoms with E-state index in [0.29, 0.717) is 6.54 Å². The van der Waals surface area contributed by atoms with Crippen molar-refractivity contribution < 1.29 is 19.0 Å². The van der Waals surface area contributed by atoms with Crippen LogP contribution in [0, 0.1) is 5.82 Å². The molecule has 1 aliphatic heterocycles. The summed E-state index contributed by atoms with van der Waals surface area (Å²) in [5.74, 6) is -1.93. The Morgan fingerprint density at radius 1 is 1.48 bits per heavy atom. The molecule has 0 aliphatic carbocycles. The van der Waals surface area contributed by atoms with Gasteiger partial charge in [-0.2, -0.15) is 0 Å². The number of hydrogen-bond donors (Lipinski definition) is 2. The van der Waals surface area contributed by atoms with Crippen molar-refractivity contribution in [3.8, 4) is 0 Å². The number of benzene rings is 1. The maximum Gasteiger partial charge on any atom is 0.338 e. The molecule has 21 heavy (non-hydrogen) atoms. The third kappa shape index (κ3) is 4.77. The molecule has 0 aromatic heterocycles. The highest BCUT2D eigenvalue weighted by Gasteiger charge is 2.14. The fraction of sp³-hybridized carbons (Fsp3) is 0.533. The number of morpholine rings is 1. The van der Waals surface area contributed by atoms with Crippen LogP contribution >= 0.6 is 0 Å². The Kier molecular flexibility index (Phi) is 5.67. The van der Waals surface area contributed by atoms with Crippen molar-refractivity contribution in [3.05, 3.63) is 35.1 Å². The third-order valence-electron chi connectivity index (χ3n) is 3.55. The Morgan fingerprint density at radius 2 is 2.19 bits per heavy atom. The topological polar surface area (TPSA) is 61.8 Å². The van der Waals surface area contributed by atoms with Crippen LogP contribution in [0.25, 0.3) is 0 Å². The van der Waals surface area contributed by atoms with E-state index in [9.17, 15) is 9.18 Å². The molecule has 1 atom stereocenters. The van der Waals surface area contributed by atoms with Crippen LogP contribution in [0.4, 0.5) is 4.39 Å². The number of rotatable bonds is 6. The highest BCUT2D eigenvalue weighted by molar-refractivity contribution is 5.87. The SMILES string of the molecule is CC(CN1CCOCC1)NCc1ccc(C(=O)O)c(F)c1. The van der Waals surface area contributed by atoms with Crippen molar-refractivity contribution in [2.75, 3.05) is 32.8 Å². The number of halogens is 1. The standard InChI is InChI=1S/C15H21FN2O3/c1-11(10-18-4-6-21-7-5-18)17-9-12-2-3-13(15(19)20)14(16)8-12/h2-3,8,11,17H,4-7,9-10H2,1H3,(H,19,20). The van der Waals surface area contributed by atoms with Gasteiger partial charge in [0.1, 0.15) is 5.82 Å². The van der Waals surface area contributed by atoms with Crippen LogP contribution in [0.1, 0.15) is 22.8 Å². The first kappa shape index (κ1) is 15.9. The van der Waals surface area contributed by atoms with E-state index in [-0.39, 0.29) is 11.6 Å². The molecule has 1 aromatic rings. The van der Waals surface area contributed by atoms with Gasteiger partial charge in [-0.1, -0.05) is 6.07 Å². The van der Waals surface area contributed by atoms with Crippen molar-refractivity contribution in [2.45, 2.75) is 19.5 Å². The predicted molar refractivity (Wildman–Crippen MR) is 76.9 cm³/mol. The van der Waals surface area contributed by atoms with Crippen LogP contribution in [-0.2, 0) is 11.3 Å². The largest absolute Gasteiger partial charge is 0.478 e. The lowest BCUT2D eigenvalue weighted by molar-refractivity contribution is 0.0343. The van der Waals surface area contributed by atoms with Gasteiger partial charge < -0.3 is 15.2 Å². The zero-order valence-electron chi connectivity index (χ0n) is 12.1. The molecule has 0 saturated carbocycles. The average Bonchev–Trinajstić information content (AvgIpc) is 2.46. The van der Waals surface area contributed by atoms with Gasteiger partial charge in [0.15, 0.2) is 0 Å². The smallest absolute Gasteiger partial charge is 0.338 e. The van der Waals surface area contributed by atoms with E-state index < -0.39 is 11.8 Å². The number of carbonyl (C=O) groups is 1. The molecular weight excluding hydrogens is 275 g/mol. The second-order valence-corrected chi connectivity index (χ2v) is 5.31. The number of carboxylic acids is 1. The molecule has 1 heterocycles. The summed E-state index contributed by atoms with van der Waals surface area (Å²) in [6.07, 6.45) is 0. The number of nitrogens with one attached hydrogen (secondary N) is 1. The van der Waals surface area contributed by atoms with E-state index in [4.69, 9.17) is 9.84 Å². The molecule has 0 amide bonds. The highest BCUT2D eigenvalue weighted by Crippen LogP contribution is 2.11. The Hall–Kier alpha value is -1.50. The normalized spacial score (nSPS) is 17.6. The predicted octanol–water partition coefficient (Wildman–Crippen LogP) is 1.33. The van der Waals surface area contributed by atoms with E-state index in [1.165, 1.54) is 12.1 Å². The van der Waals surface area contributed by atoms with Crippen LogP contribution in [0.15, 0.2) is 18.2 Å². The Balaban J connectivity index is 1.81. The number of hydrogen-bond acceptors (Lipinski definition) is 4. The summed E-state index contributed by atoms with van der Waals surface area (Å²) in [7, 11) is 0.